The van der Waals surface area contributed by atoms with E-state index in [1.807, 2.05) is 20.0 Å². The maximum absolute atomic E-state index is 15.5. The molecule has 1 aromatic rings. The smallest absolute Gasteiger partial charge is 0.167 e. The third-order valence-corrected chi connectivity index (χ3v) is 10.3. The minimum atomic E-state index is -0.347. The van der Waals surface area contributed by atoms with Gasteiger partial charge in [0.2, 0.25) is 0 Å². The van der Waals surface area contributed by atoms with Gasteiger partial charge in [-0.15, -0.1) is 0 Å². The first-order chi connectivity index (χ1) is 20.8. The molecule has 4 heterocycles. The van der Waals surface area contributed by atoms with Crippen LogP contribution in [0.4, 0.5) is 15.9 Å². The number of hydrogen-bond acceptors (Lipinski definition) is 7. The Morgan fingerprint density at radius 1 is 1.09 bits per heavy atom. The topological polar surface area (TPSA) is 63.7 Å². The van der Waals surface area contributed by atoms with Crippen molar-refractivity contribution < 1.29 is 9.18 Å². The Morgan fingerprint density at radius 2 is 1.81 bits per heavy atom. The molecule has 232 valence electrons. The number of rotatable bonds is 8. The summed E-state index contributed by atoms with van der Waals surface area (Å²) in [7, 11) is 0. The number of Topliss-reactive ketones (excluding diaryl/α,β-unsaturated/α-hetero) is 1. The number of allylic oxidation sites excluding steroid dienone is 5. The molecular weight excluding hydrogens is 539 g/mol. The van der Waals surface area contributed by atoms with Crippen LogP contribution in [0.15, 0.2) is 59.0 Å². The van der Waals surface area contributed by atoms with Crippen LogP contribution in [0.1, 0.15) is 65.7 Å². The second-order valence-electron chi connectivity index (χ2n) is 13.3. The first-order valence-electron chi connectivity index (χ1n) is 16.6. The van der Waals surface area contributed by atoms with E-state index in [0.29, 0.717) is 18.4 Å². The minimum absolute atomic E-state index is 0.0555. The average Bonchev–Trinajstić information content (AvgIpc) is 3.56. The van der Waals surface area contributed by atoms with Crippen molar-refractivity contribution in [1.82, 2.24) is 20.1 Å². The van der Waals surface area contributed by atoms with Gasteiger partial charge >= 0.3 is 0 Å². The zero-order valence-corrected chi connectivity index (χ0v) is 26.3. The number of likely N-dealkylation sites (N-methyl/N-ethyl adjacent to an activating group) is 1. The quantitative estimate of drug-likeness (QED) is 0.407. The third kappa shape index (κ3) is 6.32. The lowest BCUT2D eigenvalue weighted by atomic mass is 9.72. The summed E-state index contributed by atoms with van der Waals surface area (Å²) in [6.07, 6.45) is 13.0. The number of fused-ring (bicyclic) bond motifs is 1. The SMILES string of the molecule is C=C1CC(C(=O)C(C)C)=C(C2CCCC2)C2=CC(Nc3ncc(N4CCC(N5CCN(CC)CC5)CC4)cc3F)NC=C12. The molecule has 0 amide bonds. The monoisotopic (exact) mass is 588 g/mol. The van der Waals surface area contributed by atoms with Crippen molar-refractivity contribution in [3.05, 3.63) is 64.8 Å². The molecule has 0 spiro atoms. The van der Waals surface area contributed by atoms with Crippen LogP contribution < -0.4 is 15.5 Å². The van der Waals surface area contributed by atoms with Crippen molar-refractivity contribution in [3.8, 4) is 0 Å². The average molecular weight is 589 g/mol. The molecule has 0 radical (unpaired) electrons. The van der Waals surface area contributed by atoms with E-state index in [0.717, 1.165) is 99.5 Å². The normalized spacial score (nSPS) is 24.6. The summed E-state index contributed by atoms with van der Waals surface area (Å²) in [4.78, 5) is 25.3. The molecule has 1 atom stereocenters. The van der Waals surface area contributed by atoms with Gasteiger partial charge in [-0.25, -0.2) is 9.37 Å². The Labute approximate surface area is 257 Å². The predicted molar refractivity (Wildman–Crippen MR) is 172 cm³/mol. The summed E-state index contributed by atoms with van der Waals surface area (Å²) < 4.78 is 15.5. The fraction of sp³-hybridized carbons (Fsp3) is 0.600. The van der Waals surface area contributed by atoms with Gasteiger partial charge in [-0.05, 0) is 60.9 Å². The zero-order chi connectivity index (χ0) is 30.1. The van der Waals surface area contributed by atoms with E-state index in [4.69, 9.17) is 0 Å². The lowest BCUT2D eigenvalue weighted by Gasteiger charge is -2.43. The maximum atomic E-state index is 15.5. The number of nitrogens with one attached hydrogen (secondary N) is 2. The van der Waals surface area contributed by atoms with Crippen LogP contribution in [0, 0.1) is 17.7 Å². The molecule has 1 unspecified atom stereocenters. The van der Waals surface area contributed by atoms with Gasteiger partial charge < -0.3 is 20.4 Å². The summed E-state index contributed by atoms with van der Waals surface area (Å²) in [5.74, 6) is 0.440. The number of ketones is 1. The Hall–Kier alpha value is -2.97. The number of carbonyl (C=O) groups is 1. The van der Waals surface area contributed by atoms with E-state index >= 15 is 4.39 Å². The largest absolute Gasteiger partial charge is 0.370 e. The molecular formula is C35H49FN6O. The van der Waals surface area contributed by atoms with Crippen LogP contribution in [0.5, 0.6) is 0 Å². The summed E-state index contributed by atoms with van der Waals surface area (Å²) >= 11 is 0. The molecule has 7 nitrogen and oxygen atoms in total. The first-order valence-corrected chi connectivity index (χ1v) is 16.6. The number of aromatic nitrogens is 1. The van der Waals surface area contributed by atoms with E-state index in [1.54, 1.807) is 12.3 Å². The molecule has 2 aliphatic carbocycles. The van der Waals surface area contributed by atoms with Crippen molar-refractivity contribution in [1.29, 1.82) is 0 Å². The van der Waals surface area contributed by atoms with Crippen LogP contribution in [0.2, 0.25) is 0 Å². The molecule has 1 saturated carbocycles. The van der Waals surface area contributed by atoms with Crippen molar-refractivity contribution in [2.45, 2.75) is 77.9 Å². The maximum Gasteiger partial charge on any atom is 0.167 e. The van der Waals surface area contributed by atoms with Gasteiger partial charge in [0.1, 0.15) is 6.17 Å². The molecule has 5 aliphatic rings. The number of hydrogen-bond donors (Lipinski definition) is 2. The van der Waals surface area contributed by atoms with Gasteiger partial charge in [0.15, 0.2) is 17.4 Å². The Morgan fingerprint density at radius 3 is 2.47 bits per heavy atom. The number of piperidine rings is 1. The van der Waals surface area contributed by atoms with E-state index in [9.17, 15) is 4.79 Å². The molecule has 0 bridgehead atoms. The van der Waals surface area contributed by atoms with E-state index in [1.165, 1.54) is 18.4 Å². The Balaban J connectivity index is 1.14. The minimum Gasteiger partial charge on any atom is -0.370 e. The Kier molecular flexibility index (Phi) is 9.05. The van der Waals surface area contributed by atoms with Crippen LogP contribution >= 0.6 is 0 Å². The van der Waals surface area contributed by atoms with Crippen molar-refractivity contribution in [3.63, 3.8) is 0 Å². The number of dihydropyridines is 1. The lowest BCUT2D eigenvalue weighted by Crippen LogP contribution is -2.53. The number of piperazine rings is 1. The van der Waals surface area contributed by atoms with E-state index in [-0.39, 0.29) is 29.5 Å². The molecule has 1 aromatic heterocycles. The number of anilines is 2. The van der Waals surface area contributed by atoms with E-state index < -0.39 is 0 Å². The first kappa shape index (κ1) is 30.1. The van der Waals surface area contributed by atoms with Gasteiger partial charge in [0, 0.05) is 81.1 Å². The van der Waals surface area contributed by atoms with Crippen molar-refractivity contribution >= 4 is 17.3 Å². The summed E-state index contributed by atoms with van der Waals surface area (Å²) in [5, 5.41) is 6.66. The lowest BCUT2D eigenvalue weighted by molar-refractivity contribution is -0.118. The molecule has 8 heteroatoms. The van der Waals surface area contributed by atoms with Crippen LogP contribution in [-0.2, 0) is 4.79 Å². The third-order valence-electron chi connectivity index (χ3n) is 10.3. The fourth-order valence-electron chi connectivity index (χ4n) is 7.77. The summed E-state index contributed by atoms with van der Waals surface area (Å²) in [5.41, 5.74) is 6.09. The number of carbonyl (C=O) groups excluding carboxylic acids is 1. The molecule has 3 fully saturated rings. The predicted octanol–water partition coefficient (Wildman–Crippen LogP) is 5.65. The summed E-state index contributed by atoms with van der Waals surface area (Å²) in [6, 6.07) is 2.24. The number of pyridine rings is 1. The molecule has 0 aromatic carbocycles. The van der Waals surface area contributed by atoms with Gasteiger partial charge in [-0.3, -0.25) is 9.69 Å². The van der Waals surface area contributed by atoms with Gasteiger partial charge in [-0.2, -0.15) is 0 Å². The van der Waals surface area contributed by atoms with Gasteiger partial charge in [0.25, 0.3) is 0 Å². The fourth-order valence-corrected chi connectivity index (χ4v) is 7.77. The van der Waals surface area contributed by atoms with E-state index in [2.05, 4.69) is 49.9 Å². The summed E-state index contributed by atoms with van der Waals surface area (Å²) in [6.45, 7) is 18.1. The van der Waals surface area contributed by atoms with Crippen molar-refractivity contribution in [2.24, 2.45) is 11.8 Å². The van der Waals surface area contributed by atoms with Crippen LogP contribution in [0.3, 0.4) is 0 Å². The molecule has 3 aliphatic heterocycles. The van der Waals surface area contributed by atoms with Gasteiger partial charge in [0.05, 0.1) is 11.9 Å². The van der Waals surface area contributed by atoms with Crippen LogP contribution in [-0.4, -0.2) is 78.6 Å². The highest BCUT2D eigenvalue weighted by molar-refractivity contribution is 6.00. The second-order valence-corrected chi connectivity index (χ2v) is 13.3. The number of halogens is 1. The second kappa shape index (κ2) is 12.9. The van der Waals surface area contributed by atoms with Gasteiger partial charge in [-0.1, -0.05) is 40.2 Å². The highest BCUT2D eigenvalue weighted by Crippen LogP contribution is 2.47. The highest BCUT2D eigenvalue weighted by atomic mass is 19.1. The highest BCUT2D eigenvalue weighted by Gasteiger charge is 2.36. The molecule has 2 saturated heterocycles. The Bertz CT molecular complexity index is 1310. The van der Waals surface area contributed by atoms with Crippen molar-refractivity contribution in [2.75, 3.05) is 56.0 Å². The molecule has 6 rings (SSSR count). The zero-order valence-electron chi connectivity index (χ0n) is 26.3. The molecule has 43 heavy (non-hydrogen) atoms. The standard InChI is InChI=1S/C35H49FN6O/c1-5-40-14-16-42(17-15-40)26-10-12-41(13-11-26)27-19-31(36)35(38-21-27)39-32-20-28-30(22-37-32)24(4)18-29(34(43)23(2)3)33(28)25-8-6-7-9-25/h19-23,25-26,32,37H,4-18H2,1-3H3,(H,38,39). The molecule has 2 N–H and O–H groups in total. The number of nitrogens with zero attached hydrogens (tertiary/aromatic N) is 4. The van der Waals surface area contributed by atoms with Crippen LogP contribution in [0.25, 0.3) is 0 Å².